The van der Waals surface area contributed by atoms with E-state index in [9.17, 15) is 53.4 Å². The van der Waals surface area contributed by atoms with E-state index < -0.39 is 114 Å². The van der Waals surface area contributed by atoms with Gasteiger partial charge >= 0.3 is 5.97 Å². The lowest BCUT2D eigenvalue weighted by Gasteiger charge is -2.28. The van der Waals surface area contributed by atoms with Crippen molar-refractivity contribution in [3.8, 4) is 11.5 Å². The van der Waals surface area contributed by atoms with Gasteiger partial charge in [0, 0.05) is 26.1 Å². The van der Waals surface area contributed by atoms with Gasteiger partial charge in [0.25, 0.3) is 11.8 Å². The van der Waals surface area contributed by atoms with Gasteiger partial charge in [-0.1, -0.05) is 18.6 Å². The van der Waals surface area contributed by atoms with Crippen LogP contribution in [0.25, 0.3) is 0 Å². The van der Waals surface area contributed by atoms with Crippen LogP contribution in [0.4, 0.5) is 0 Å². The van der Waals surface area contributed by atoms with E-state index in [0.717, 1.165) is 0 Å². The molecule has 79 heavy (non-hydrogen) atoms. The Morgan fingerprint density at radius 1 is 0.772 bits per heavy atom. The maximum atomic E-state index is 14.4. The van der Waals surface area contributed by atoms with E-state index in [0.29, 0.717) is 55.7 Å². The summed E-state index contributed by atoms with van der Waals surface area (Å²) in [4.78, 5) is 127. The second-order valence-corrected chi connectivity index (χ2v) is 18.4. The van der Waals surface area contributed by atoms with Gasteiger partial charge in [-0.2, -0.15) is 0 Å². The molecule has 30 nitrogen and oxygen atoms in total. The molecule has 442 valence electrons. The Labute approximate surface area is 458 Å². The molecule has 30 heteroatoms. The average Bonchev–Trinajstić information content (AvgIpc) is 3.93. The number of hydrogen-bond acceptors (Lipinski definition) is 19. The van der Waals surface area contributed by atoms with Gasteiger partial charge in [-0.3, -0.25) is 43.8 Å². The quantitative estimate of drug-likeness (QED) is 0.0128. The van der Waals surface area contributed by atoms with E-state index in [2.05, 4.69) is 42.2 Å². The maximum absolute atomic E-state index is 14.4. The molecule has 0 aromatic heterocycles. The minimum atomic E-state index is -1.62. The summed E-state index contributed by atoms with van der Waals surface area (Å²) in [5.41, 5.74) is 39.3. The van der Waals surface area contributed by atoms with Gasteiger partial charge in [0.05, 0.1) is 32.9 Å². The van der Waals surface area contributed by atoms with Gasteiger partial charge in [-0.15, -0.1) is 0 Å². The van der Waals surface area contributed by atoms with Gasteiger partial charge in [-0.05, 0) is 115 Å². The highest BCUT2D eigenvalue weighted by Gasteiger charge is 2.39. The Kier molecular flexibility index (Phi) is 31.5. The second-order valence-electron chi connectivity index (χ2n) is 18.4. The molecule has 0 unspecified atom stereocenters. The Hall–Kier alpha value is -7.35. The van der Waals surface area contributed by atoms with Crippen LogP contribution in [-0.4, -0.2) is 189 Å². The molecular weight excluding hydrogens is 1030 g/mol. The monoisotopic (exact) mass is 1120 g/mol. The van der Waals surface area contributed by atoms with Crippen molar-refractivity contribution in [3.05, 3.63) is 35.5 Å². The molecule has 7 atom stereocenters. The summed E-state index contributed by atoms with van der Waals surface area (Å²) >= 11 is 0. The Bertz CT molecular complexity index is 2290. The number of aliphatic carboxylic acids is 1. The number of hydrogen-bond donors (Lipinski definition) is 17. The molecule has 0 saturated carbocycles. The van der Waals surface area contributed by atoms with Crippen LogP contribution in [0.15, 0.2) is 35.0 Å². The Morgan fingerprint density at radius 3 is 2.03 bits per heavy atom. The smallest absolute Gasteiger partial charge is 0.352 e. The summed E-state index contributed by atoms with van der Waals surface area (Å²) < 4.78 is 10.8. The molecule has 1 aliphatic heterocycles. The fourth-order valence-corrected chi connectivity index (χ4v) is 8.06. The van der Waals surface area contributed by atoms with Crippen LogP contribution in [0.3, 0.4) is 0 Å². The number of methoxy groups -OCH3 is 2. The third kappa shape index (κ3) is 23.7. The molecule has 1 fully saturated rings. The Morgan fingerprint density at radius 2 is 1.42 bits per heavy atom. The number of nitrogens with zero attached hydrogens (tertiary/aromatic N) is 2. The summed E-state index contributed by atoms with van der Waals surface area (Å²) in [6, 6.07) is -3.20. The third-order valence-corrected chi connectivity index (χ3v) is 12.4. The number of benzene rings is 1. The lowest BCUT2D eigenvalue weighted by atomic mass is 10.0. The SMILES string of the molecule is COc1ccc(C[C@H](NC(=O)[C@@H]2CCCN2C(=O)/C(CCCN)=N/C(=O)CNC(=O)[C@H](CCN)NC(=O)[C@@H](NC(=O)[C@@H](N)CCCCN)[C@@H](O)CN)C(=O)N[C@@H](CCCCN)C(=O)N/C(=C\CCNC(=N)N)C(=O)O)cc1OC. The van der Waals surface area contributed by atoms with Crippen LogP contribution >= 0.6 is 0 Å². The van der Waals surface area contributed by atoms with Gasteiger partial charge in [0.15, 0.2) is 17.5 Å². The fourth-order valence-electron chi connectivity index (χ4n) is 8.06. The van der Waals surface area contributed by atoms with Crippen molar-refractivity contribution < 1.29 is 62.8 Å². The first-order chi connectivity index (χ1) is 37.7. The predicted octanol–water partition coefficient (Wildman–Crippen LogP) is -5.79. The topological polar surface area (TPSA) is 518 Å². The predicted molar refractivity (Wildman–Crippen MR) is 290 cm³/mol. The lowest BCUT2D eigenvalue weighted by Crippen LogP contribution is -2.61. The van der Waals surface area contributed by atoms with E-state index in [1.54, 1.807) is 18.2 Å². The first-order valence-corrected chi connectivity index (χ1v) is 26.1. The number of carbonyl (C=O) groups excluding carboxylic acids is 8. The lowest BCUT2D eigenvalue weighted by molar-refractivity contribution is -0.137. The van der Waals surface area contributed by atoms with Gasteiger partial charge < -0.3 is 102 Å². The molecule has 0 spiro atoms. The summed E-state index contributed by atoms with van der Waals surface area (Å²) in [5, 5.41) is 45.1. The van der Waals surface area contributed by atoms with Gasteiger partial charge in [0.1, 0.15) is 41.6 Å². The van der Waals surface area contributed by atoms with Crippen LogP contribution in [-0.2, 0) is 49.6 Å². The van der Waals surface area contributed by atoms with E-state index in [1.807, 2.05) is 0 Å². The number of amides is 8. The van der Waals surface area contributed by atoms with Crippen LogP contribution in [0, 0.1) is 5.41 Å². The van der Waals surface area contributed by atoms with Gasteiger partial charge in [-0.25, -0.2) is 9.79 Å². The number of carboxylic acid groups (broad SMARTS) is 1. The maximum Gasteiger partial charge on any atom is 0.352 e. The number of unbranched alkanes of at least 4 members (excludes halogenated alkanes) is 2. The normalized spacial score (nSPS) is 15.7. The molecule has 1 saturated heterocycles. The van der Waals surface area contributed by atoms with Crippen LogP contribution in [0.1, 0.15) is 82.6 Å². The summed E-state index contributed by atoms with van der Waals surface area (Å²) in [7, 11) is 2.84. The zero-order chi connectivity index (χ0) is 59.0. The first-order valence-electron chi connectivity index (χ1n) is 26.1. The summed E-state index contributed by atoms with van der Waals surface area (Å²) in [5.74, 6) is -8.09. The van der Waals surface area contributed by atoms with E-state index in [-0.39, 0.29) is 95.8 Å². The molecular formula is C49H83N17O13. The number of rotatable bonds is 37. The molecule has 1 aromatic carbocycles. The largest absolute Gasteiger partial charge is 0.493 e. The number of aliphatic hydroxyl groups excluding tert-OH is 1. The van der Waals surface area contributed by atoms with Crippen molar-refractivity contribution in [1.29, 1.82) is 5.41 Å². The number of likely N-dealkylation sites (tertiary alicyclic amines) is 1. The molecule has 24 N–H and O–H groups in total. The molecule has 0 aliphatic carbocycles. The number of nitrogens with two attached hydrogens (primary N) is 7. The first kappa shape index (κ1) is 67.8. The molecule has 8 amide bonds. The van der Waals surface area contributed by atoms with Crippen molar-refractivity contribution >= 4 is 64.9 Å². The number of aliphatic hydroxyl groups is 1. The zero-order valence-electron chi connectivity index (χ0n) is 45.0. The highest BCUT2D eigenvalue weighted by atomic mass is 16.5. The van der Waals surface area contributed by atoms with Crippen molar-refractivity contribution in [2.75, 3.05) is 66.6 Å². The molecule has 1 heterocycles. The third-order valence-electron chi connectivity index (χ3n) is 12.4. The van der Waals surface area contributed by atoms with Crippen molar-refractivity contribution in [1.82, 2.24) is 42.1 Å². The molecule has 1 aliphatic rings. The van der Waals surface area contributed by atoms with Crippen LogP contribution < -0.4 is 86.8 Å². The number of carboxylic acids is 1. The second kappa shape index (κ2) is 36.7. The number of guanidine groups is 1. The fraction of sp³-hybridized carbons (Fsp3) is 0.612. The van der Waals surface area contributed by atoms with Crippen LogP contribution in [0.5, 0.6) is 11.5 Å². The molecule has 1 aromatic rings. The van der Waals surface area contributed by atoms with E-state index in [1.165, 1.54) is 25.2 Å². The average molecular weight is 1120 g/mol. The minimum absolute atomic E-state index is 0.0158. The van der Waals surface area contributed by atoms with Crippen molar-refractivity contribution in [2.45, 2.75) is 126 Å². The standard InChI is InChI=1S/C49H83N17O13/c1-78-37-16-15-28(25-38(37)79-2)24-34(44(72)61-30(11-4-6-19-51)43(71)63-33(48(76)77)13-8-22-58-49(56)57)64-45(73)35-14-9-23-66(35)47(75)32(12-7-20-52)60-39(68)27-59-42(70)31(17-21-53)62-46(74)40(36(67)26-54)65-41(69)29(55)10-3-5-18-50/h13,15-16,25,29-31,34-36,40,67H,3-12,14,17-24,26-27,50-55H2,1-2H3,(H,59,70)(H,61,72)(H,62,74)(H,63,71)(H,64,73)(H,65,69)(H,76,77)(H4,56,57,58)/b33-13-,60-32+/t29-,30-,31-,34-,35-,36-,40-/m0/s1. The van der Waals surface area contributed by atoms with E-state index >= 15 is 0 Å². The highest BCUT2D eigenvalue weighted by molar-refractivity contribution is 6.40. The highest BCUT2D eigenvalue weighted by Crippen LogP contribution is 2.28. The number of ether oxygens (including phenoxy) is 2. The van der Waals surface area contributed by atoms with Gasteiger partial charge in [0.2, 0.25) is 35.4 Å². The molecule has 0 bridgehead atoms. The van der Waals surface area contributed by atoms with E-state index in [4.69, 9.17) is 55.0 Å². The zero-order valence-corrected chi connectivity index (χ0v) is 45.0. The number of aliphatic imine (C=N–C) groups is 1. The molecule has 0 radical (unpaired) electrons. The summed E-state index contributed by atoms with van der Waals surface area (Å²) in [6.07, 6.45) is 2.02. The molecule has 2 rings (SSSR count). The minimum Gasteiger partial charge on any atom is -0.493 e. The number of nitrogens with one attached hydrogen (secondary N) is 8. The summed E-state index contributed by atoms with van der Waals surface area (Å²) in [6.45, 7) is -0.513. The van der Waals surface area contributed by atoms with Crippen molar-refractivity contribution in [2.24, 2.45) is 45.1 Å². The van der Waals surface area contributed by atoms with Crippen LogP contribution in [0.2, 0.25) is 0 Å². The number of carbonyl (C=O) groups is 9. The van der Waals surface area contributed by atoms with Crippen molar-refractivity contribution in [3.63, 3.8) is 0 Å². The Balaban J connectivity index is 2.41.